The number of fused-ring (bicyclic) bond motifs is 1. The monoisotopic (exact) mass is 360 g/mol. The van der Waals surface area contributed by atoms with Crippen LogP contribution in [0.5, 0.6) is 0 Å². The average molecular weight is 360 g/mol. The van der Waals surface area contributed by atoms with Crippen LogP contribution in [0.2, 0.25) is 0 Å². The Morgan fingerprint density at radius 3 is 2.72 bits per heavy atom. The number of thiophene rings is 1. The molecule has 1 amide bonds. The molecular weight excluding hydrogens is 348 g/mol. The van der Waals surface area contributed by atoms with Crippen molar-refractivity contribution < 1.29 is 23.7 Å². The number of esters is 1. The lowest BCUT2D eigenvalue weighted by molar-refractivity contribution is -0.402. The summed E-state index contributed by atoms with van der Waals surface area (Å²) in [6.45, 7) is 1.88. The highest BCUT2D eigenvalue weighted by atomic mass is 32.1. The lowest BCUT2D eigenvalue weighted by Gasteiger charge is -2.05. The SMILES string of the molecule is CCOC(=O)c1c(NC(=O)c2ccc([N+](=O)[O-])o2)sc2ccccc12. The third-order valence-corrected chi connectivity index (χ3v) is 4.38. The molecule has 8 nitrogen and oxygen atoms in total. The Kier molecular flexibility index (Phi) is 4.48. The Morgan fingerprint density at radius 2 is 2.04 bits per heavy atom. The molecule has 3 rings (SSSR count). The highest BCUT2D eigenvalue weighted by molar-refractivity contribution is 7.23. The average Bonchev–Trinajstić information content (AvgIpc) is 3.19. The van der Waals surface area contributed by atoms with Gasteiger partial charge >= 0.3 is 11.9 Å². The summed E-state index contributed by atoms with van der Waals surface area (Å²) in [5.74, 6) is -2.00. The van der Waals surface area contributed by atoms with E-state index in [-0.39, 0.29) is 17.9 Å². The van der Waals surface area contributed by atoms with Crippen LogP contribution in [0.25, 0.3) is 10.1 Å². The number of carbonyl (C=O) groups excluding carboxylic acids is 2. The van der Waals surface area contributed by atoms with Crippen LogP contribution in [0.15, 0.2) is 40.8 Å². The van der Waals surface area contributed by atoms with Gasteiger partial charge in [-0.3, -0.25) is 14.9 Å². The van der Waals surface area contributed by atoms with Gasteiger partial charge in [0, 0.05) is 10.1 Å². The minimum absolute atomic E-state index is 0.195. The summed E-state index contributed by atoms with van der Waals surface area (Å²) in [6.07, 6.45) is 0. The number of anilines is 1. The molecule has 0 saturated carbocycles. The number of nitro groups is 1. The fourth-order valence-electron chi connectivity index (χ4n) is 2.25. The Bertz CT molecular complexity index is 974. The number of furan rings is 1. The molecule has 2 heterocycles. The smallest absolute Gasteiger partial charge is 0.433 e. The topological polar surface area (TPSA) is 112 Å². The molecule has 0 bridgehead atoms. The summed E-state index contributed by atoms with van der Waals surface area (Å²) in [5.41, 5.74) is 0.247. The van der Waals surface area contributed by atoms with Crippen molar-refractivity contribution in [2.75, 3.05) is 11.9 Å². The highest BCUT2D eigenvalue weighted by Gasteiger charge is 2.24. The Hall–Kier alpha value is -3.20. The second-order valence-corrected chi connectivity index (χ2v) is 5.92. The Balaban J connectivity index is 1.97. The van der Waals surface area contributed by atoms with Gasteiger partial charge in [-0.25, -0.2) is 4.79 Å². The van der Waals surface area contributed by atoms with Gasteiger partial charge in [0.15, 0.2) is 5.76 Å². The van der Waals surface area contributed by atoms with Crippen molar-refractivity contribution in [3.05, 3.63) is 57.8 Å². The van der Waals surface area contributed by atoms with Crippen molar-refractivity contribution in [3.63, 3.8) is 0 Å². The van der Waals surface area contributed by atoms with E-state index in [4.69, 9.17) is 9.15 Å². The molecule has 128 valence electrons. The first-order valence-electron chi connectivity index (χ1n) is 7.25. The van der Waals surface area contributed by atoms with Gasteiger partial charge in [0.2, 0.25) is 0 Å². The Morgan fingerprint density at radius 1 is 1.28 bits per heavy atom. The summed E-state index contributed by atoms with van der Waals surface area (Å²) in [7, 11) is 0. The molecule has 9 heteroatoms. The van der Waals surface area contributed by atoms with Crippen molar-refractivity contribution in [1.29, 1.82) is 0 Å². The van der Waals surface area contributed by atoms with Crippen LogP contribution in [0.1, 0.15) is 27.8 Å². The lowest BCUT2D eigenvalue weighted by Crippen LogP contribution is -2.13. The number of amides is 1. The second kappa shape index (κ2) is 6.73. The first kappa shape index (κ1) is 16.7. The number of ether oxygens (including phenoxy) is 1. The van der Waals surface area contributed by atoms with E-state index in [2.05, 4.69) is 5.32 Å². The minimum Gasteiger partial charge on any atom is -0.462 e. The van der Waals surface area contributed by atoms with E-state index < -0.39 is 22.7 Å². The van der Waals surface area contributed by atoms with Gasteiger partial charge in [-0.2, -0.15) is 0 Å². The highest BCUT2D eigenvalue weighted by Crippen LogP contribution is 2.36. The third-order valence-electron chi connectivity index (χ3n) is 3.30. The first-order valence-corrected chi connectivity index (χ1v) is 8.07. The van der Waals surface area contributed by atoms with Gasteiger partial charge in [0.25, 0.3) is 5.91 Å². The van der Waals surface area contributed by atoms with Crippen LogP contribution in [0.4, 0.5) is 10.9 Å². The van der Waals surface area contributed by atoms with Crippen molar-refractivity contribution in [2.24, 2.45) is 0 Å². The van der Waals surface area contributed by atoms with E-state index in [0.717, 1.165) is 10.8 Å². The van der Waals surface area contributed by atoms with Crippen molar-refractivity contribution in [3.8, 4) is 0 Å². The first-order chi connectivity index (χ1) is 12.0. The molecule has 3 aromatic rings. The molecule has 0 unspecified atom stereocenters. The molecule has 0 saturated heterocycles. The number of nitrogens with zero attached hydrogens (tertiary/aromatic N) is 1. The second-order valence-electron chi connectivity index (χ2n) is 4.87. The zero-order valence-electron chi connectivity index (χ0n) is 13.0. The van der Waals surface area contributed by atoms with E-state index in [1.165, 1.54) is 17.4 Å². The van der Waals surface area contributed by atoms with E-state index in [0.29, 0.717) is 10.4 Å². The number of hydrogen-bond donors (Lipinski definition) is 1. The minimum atomic E-state index is -0.736. The lowest BCUT2D eigenvalue weighted by atomic mass is 10.1. The van der Waals surface area contributed by atoms with Crippen LogP contribution in [-0.4, -0.2) is 23.4 Å². The molecule has 0 aliphatic carbocycles. The fourth-order valence-corrected chi connectivity index (χ4v) is 3.34. The molecule has 0 fully saturated rings. The number of rotatable bonds is 5. The standard InChI is InChI=1S/C16H12N2O6S/c1-2-23-16(20)13-9-5-3-4-6-11(9)25-15(13)17-14(19)10-7-8-12(24-10)18(21)22/h3-8H,2H2,1H3,(H,17,19). The van der Waals surface area contributed by atoms with Crippen molar-refractivity contribution in [1.82, 2.24) is 0 Å². The van der Waals surface area contributed by atoms with Gasteiger partial charge in [0.05, 0.1) is 12.7 Å². The molecule has 0 aliphatic rings. The van der Waals surface area contributed by atoms with E-state index >= 15 is 0 Å². The quantitative estimate of drug-likeness (QED) is 0.420. The number of hydrogen-bond acceptors (Lipinski definition) is 7. The van der Waals surface area contributed by atoms with Gasteiger partial charge < -0.3 is 14.5 Å². The molecule has 0 radical (unpaired) electrons. The van der Waals surface area contributed by atoms with Crippen molar-refractivity contribution in [2.45, 2.75) is 6.92 Å². The predicted molar refractivity (Wildman–Crippen MR) is 91.1 cm³/mol. The van der Waals surface area contributed by atoms with Crippen LogP contribution in [0, 0.1) is 10.1 Å². The number of carbonyl (C=O) groups is 2. The molecule has 1 N–H and O–H groups in total. The van der Waals surface area contributed by atoms with E-state index in [9.17, 15) is 19.7 Å². The zero-order chi connectivity index (χ0) is 18.0. The largest absolute Gasteiger partial charge is 0.462 e. The Labute approximate surface area is 145 Å². The summed E-state index contributed by atoms with van der Waals surface area (Å²) in [5, 5.41) is 14.2. The molecular formula is C16H12N2O6S. The maximum absolute atomic E-state index is 12.3. The van der Waals surface area contributed by atoms with Crippen LogP contribution >= 0.6 is 11.3 Å². The number of nitrogens with one attached hydrogen (secondary N) is 1. The van der Waals surface area contributed by atoms with Gasteiger partial charge in [-0.05, 0) is 19.1 Å². The predicted octanol–water partition coefficient (Wildman–Crippen LogP) is 3.83. The zero-order valence-corrected chi connectivity index (χ0v) is 13.8. The van der Waals surface area contributed by atoms with Gasteiger partial charge in [-0.1, -0.05) is 18.2 Å². The summed E-state index contributed by atoms with van der Waals surface area (Å²) in [4.78, 5) is 34.5. The molecule has 25 heavy (non-hydrogen) atoms. The van der Waals surface area contributed by atoms with Crippen LogP contribution in [0.3, 0.4) is 0 Å². The van der Waals surface area contributed by atoms with Crippen molar-refractivity contribution >= 4 is 44.2 Å². The summed E-state index contributed by atoms with van der Waals surface area (Å²) < 4.78 is 10.7. The summed E-state index contributed by atoms with van der Waals surface area (Å²) >= 11 is 1.21. The molecule has 1 aromatic carbocycles. The summed E-state index contributed by atoms with van der Waals surface area (Å²) in [6, 6.07) is 9.45. The number of benzene rings is 1. The third kappa shape index (κ3) is 3.22. The molecule has 0 atom stereocenters. The molecule has 0 spiro atoms. The molecule has 0 aliphatic heterocycles. The normalized spacial score (nSPS) is 10.6. The van der Waals surface area contributed by atoms with Crippen LogP contribution in [-0.2, 0) is 4.74 Å². The van der Waals surface area contributed by atoms with Gasteiger partial charge in [0.1, 0.15) is 15.5 Å². The van der Waals surface area contributed by atoms with E-state index in [1.54, 1.807) is 19.1 Å². The molecule has 2 aromatic heterocycles. The maximum Gasteiger partial charge on any atom is 0.433 e. The van der Waals surface area contributed by atoms with E-state index in [1.807, 2.05) is 12.1 Å². The van der Waals surface area contributed by atoms with Gasteiger partial charge in [-0.15, -0.1) is 11.3 Å². The van der Waals surface area contributed by atoms with Crippen LogP contribution < -0.4 is 5.32 Å². The maximum atomic E-state index is 12.3. The fraction of sp³-hybridized carbons (Fsp3) is 0.125.